The molecular weight excluding hydrogens is 296 g/mol. The van der Waals surface area contributed by atoms with Crippen molar-refractivity contribution in [2.75, 3.05) is 6.61 Å². The number of carbonyl (C=O) groups is 1. The predicted octanol–water partition coefficient (Wildman–Crippen LogP) is 2.77. The summed E-state index contributed by atoms with van der Waals surface area (Å²) in [6.07, 6.45) is 6.20. The summed E-state index contributed by atoms with van der Waals surface area (Å²) in [5.41, 5.74) is 0.757. The molecule has 2 aromatic rings. The van der Waals surface area contributed by atoms with E-state index in [1.807, 2.05) is 18.2 Å². The number of aromatic nitrogens is 1. The molecule has 5 heteroatoms. The number of aliphatic hydroxyl groups excluding tert-OH is 1. The monoisotopic (exact) mass is 316 g/mol. The molecule has 0 unspecified atom stereocenters. The molecule has 0 spiro atoms. The molecule has 1 aromatic heterocycles. The molecule has 1 aliphatic rings. The minimum atomic E-state index is -0.430. The van der Waals surface area contributed by atoms with Crippen LogP contribution >= 0.6 is 11.3 Å². The minimum Gasteiger partial charge on any atom is -0.394 e. The average Bonchev–Trinajstić information content (AvgIpc) is 3.18. The van der Waals surface area contributed by atoms with E-state index in [4.69, 9.17) is 0 Å². The number of aliphatic hydroxyl groups is 1. The lowest BCUT2D eigenvalue weighted by Gasteiger charge is -2.27. The van der Waals surface area contributed by atoms with Gasteiger partial charge in [0.2, 0.25) is 0 Å². The van der Waals surface area contributed by atoms with Crippen molar-refractivity contribution < 1.29 is 9.90 Å². The van der Waals surface area contributed by atoms with Crippen molar-refractivity contribution in [1.29, 1.82) is 0 Å². The second kappa shape index (κ2) is 6.58. The Kier molecular flexibility index (Phi) is 4.55. The molecule has 0 atom stereocenters. The molecule has 0 saturated heterocycles. The van der Waals surface area contributed by atoms with Gasteiger partial charge in [0.05, 0.1) is 23.4 Å². The van der Waals surface area contributed by atoms with Crippen LogP contribution in [0.2, 0.25) is 0 Å². The summed E-state index contributed by atoms with van der Waals surface area (Å²) in [7, 11) is 0. The van der Waals surface area contributed by atoms with E-state index in [0.717, 1.165) is 37.1 Å². The number of nitrogens with one attached hydrogen (secondary N) is 1. The quantitative estimate of drug-likeness (QED) is 0.891. The zero-order valence-corrected chi connectivity index (χ0v) is 13.2. The molecule has 22 heavy (non-hydrogen) atoms. The summed E-state index contributed by atoms with van der Waals surface area (Å²) in [5.74, 6) is -0.118. The van der Waals surface area contributed by atoms with E-state index < -0.39 is 5.54 Å². The van der Waals surface area contributed by atoms with Crippen molar-refractivity contribution in [1.82, 2.24) is 10.3 Å². The van der Waals surface area contributed by atoms with Gasteiger partial charge >= 0.3 is 0 Å². The van der Waals surface area contributed by atoms with Gasteiger partial charge < -0.3 is 10.4 Å². The summed E-state index contributed by atoms with van der Waals surface area (Å²) in [5, 5.41) is 13.5. The molecule has 0 aliphatic heterocycles. The highest BCUT2D eigenvalue weighted by Crippen LogP contribution is 2.30. The molecule has 1 aliphatic carbocycles. The first kappa shape index (κ1) is 15.2. The fourth-order valence-corrected chi connectivity index (χ4v) is 3.79. The van der Waals surface area contributed by atoms with Gasteiger partial charge in [-0.1, -0.05) is 43.2 Å². The molecule has 0 radical (unpaired) electrons. The lowest BCUT2D eigenvalue weighted by molar-refractivity contribution is 0.0842. The maximum Gasteiger partial charge on any atom is 0.263 e. The van der Waals surface area contributed by atoms with Crippen LogP contribution in [0.15, 0.2) is 36.5 Å². The Bertz CT molecular complexity index is 633. The third kappa shape index (κ3) is 3.36. The first-order chi connectivity index (χ1) is 10.7. The lowest BCUT2D eigenvalue weighted by Crippen LogP contribution is -2.49. The Labute approximate surface area is 134 Å². The largest absolute Gasteiger partial charge is 0.394 e. The normalized spacial score (nSPS) is 16.6. The number of amides is 1. The number of hydrogen-bond donors (Lipinski definition) is 2. The summed E-state index contributed by atoms with van der Waals surface area (Å²) in [6.45, 7) is 0.00835. The van der Waals surface area contributed by atoms with Crippen molar-refractivity contribution in [3.05, 3.63) is 52.0 Å². The van der Waals surface area contributed by atoms with Crippen molar-refractivity contribution >= 4 is 17.2 Å². The predicted molar refractivity (Wildman–Crippen MR) is 87.1 cm³/mol. The SMILES string of the molecule is O=C(NC1(CO)CCCC1)c1cnc(Cc2ccccc2)s1. The van der Waals surface area contributed by atoms with Gasteiger partial charge in [-0.2, -0.15) is 0 Å². The first-order valence-corrected chi connectivity index (χ1v) is 8.44. The van der Waals surface area contributed by atoms with E-state index in [1.165, 1.54) is 16.9 Å². The van der Waals surface area contributed by atoms with Crippen LogP contribution < -0.4 is 5.32 Å². The molecule has 4 nitrogen and oxygen atoms in total. The van der Waals surface area contributed by atoms with E-state index >= 15 is 0 Å². The van der Waals surface area contributed by atoms with Gasteiger partial charge in [-0.3, -0.25) is 4.79 Å². The molecular formula is C17H20N2O2S. The fourth-order valence-electron chi connectivity index (χ4n) is 2.94. The van der Waals surface area contributed by atoms with E-state index in [-0.39, 0.29) is 12.5 Å². The van der Waals surface area contributed by atoms with Crippen LogP contribution in [0.4, 0.5) is 0 Å². The molecule has 1 amide bonds. The number of nitrogens with zero attached hydrogens (tertiary/aromatic N) is 1. The van der Waals surface area contributed by atoms with Gasteiger partial charge in [0, 0.05) is 6.42 Å². The number of hydrogen-bond acceptors (Lipinski definition) is 4. The molecule has 1 fully saturated rings. The minimum absolute atomic E-state index is 0.00835. The van der Waals surface area contributed by atoms with Crippen molar-refractivity contribution in [2.45, 2.75) is 37.6 Å². The van der Waals surface area contributed by atoms with Crippen molar-refractivity contribution in [3.63, 3.8) is 0 Å². The van der Waals surface area contributed by atoms with Crippen LogP contribution in [0, 0.1) is 0 Å². The van der Waals surface area contributed by atoms with Crippen LogP contribution in [0.3, 0.4) is 0 Å². The highest BCUT2D eigenvalue weighted by atomic mass is 32.1. The summed E-state index contributed by atoms with van der Waals surface area (Å²) < 4.78 is 0. The maximum absolute atomic E-state index is 12.4. The molecule has 0 bridgehead atoms. The van der Waals surface area contributed by atoms with Gasteiger partial charge in [0.25, 0.3) is 5.91 Å². The molecule has 2 N–H and O–H groups in total. The zero-order chi connectivity index (χ0) is 15.4. The Morgan fingerprint density at radius 1 is 1.27 bits per heavy atom. The second-order valence-electron chi connectivity index (χ2n) is 5.88. The van der Waals surface area contributed by atoms with Crippen molar-refractivity contribution in [2.24, 2.45) is 0 Å². The van der Waals surface area contributed by atoms with E-state index in [1.54, 1.807) is 6.20 Å². The van der Waals surface area contributed by atoms with Crippen LogP contribution in [0.1, 0.15) is 45.9 Å². The standard InChI is InChI=1S/C17H20N2O2S/c20-12-17(8-4-5-9-17)19-16(21)14-11-18-15(22-14)10-13-6-2-1-3-7-13/h1-3,6-7,11,20H,4-5,8-10,12H2,(H,19,21). The van der Waals surface area contributed by atoms with Crippen LogP contribution in [-0.4, -0.2) is 28.1 Å². The van der Waals surface area contributed by atoms with E-state index in [9.17, 15) is 9.90 Å². The van der Waals surface area contributed by atoms with E-state index in [2.05, 4.69) is 22.4 Å². The Balaban J connectivity index is 1.66. The summed E-state index contributed by atoms with van der Waals surface area (Å²) >= 11 is 1.42. The van der Waals surface area contributed by atoms with Gasteiger partial charge in [0.1, 0.15) is 4.88 Å². The maximum atomic E-state index is 12.4. The topological polar surface area (TPSA) is 62.2 Å². The fraction of sp³-hybridized carbons (Fsp3) is 0.412. The Hall–Kier alpha value is -1.72. The Morgan fingerprint density at radius 3 is 2.68 bits per heavy atom. The lowest BCUT2D eigenvalue weighted by atomic mass is 9.99. The number of thiazole rings is 1. The van der Waals surface area contributed by atoms with Gasteiger partial charge in [-0.25, -0.2) is 4.98 Å². The van der Waals surface area contributed by atoms with Gasteiger partial charge in [-0.05, 0) is 18.4 Å². The molecule has 3 rings (SSSR count). The highest BCUT2D eigenvalue weighted by Gasteiger charge is 2.35. The van der Waals surface area contributed by atoms with Crippen LogP contribution in [0.25, 0.3) is 0 Å². The third-order valence-electron chi connectivity index (χ3n) is 4.22. The molecule has 1 aromatic carbocycles. The van der Waals surface area contributed by atoms with Gasteiger partial charge in [0.15, 0.2) is 0 Å². The third-order valence-corrected chi connectivity index (χ3v) is 5.21. The summed E-state index contributed by atoms with van der Waals surface area (Å²) in [6, 6.07) is 10.1. The smallest absolute Gasteiger partial charge is 0.263 e. The number of rotatable bonds is 5. The second-order valence-corrected chi connectivity index (χ2v) is 7.00. The average molecular weight is 316 g/mol. The number of carbonyl (C=O) groups excluding carboxylic acids is 1. The Morgan fingerprint density at radius 2 is 2.00 bits per heavy atom. The van der Waals surface area contributed by atoms with Crippen LogP contribution in [0.5, 0.6) is 0 Å². The number of benzene rings is 1. The molecule has 1 heterocycles. The van der Waals surface area contributed by atoms with Gasteiger partial charge in [-0.15, -0.1) is 11.3 Å². The summed E-state index contributed by atoms with van der Waals surface area (Å²) in [4.78, 5) is 17.3. The van der Waals surface area contributed by atoms with Crippen molar-refractivity contribution in [3.8, 4) is 0 Å². The highest BCUT2D eigenvalue weighted by molar-refractivity contribution is 7.13. The van der Waals surface area contributed by atoms with E-state index in [0.29, 0.717) is 4.88 Å². The molecule has 116 valence electrons. The zero-order valence-electron chi connectivity index (χ0n) is 12.4. The first-order valence-electron chi connectivity index (χ1n) is 7.63. The molecule has 1 saturated carbocycles. The van der Waals surface area contributed by atoms with Crippen LogP contribution in [-0.2, 0) is 6.42 Å².